The Balaban J connectivity index is 1.94. The minimum absolute atomic E-state index is 0.176. The van der Waals surface area contributed by atoms with Crippen LogP contribution in [0.5, 0.6) is 5.75 Å². The van der Waals surface area contributed by atoms with Crippen molar-refractivity contribution in [1.29, 1.82) is 0 Å². The van der Waals surface area contributed by atoms with Crippen molar-refractivity contribution in [3.05, 3.63) is 30.3 Å². The first kappa shape index (κ1) is 13.1. The minimum atomic E-state index is -4.41. The Morgan fingerprint density at radius 1 is 1.39 bits per heavy atom. The van der Waals surface area contributed by atoms with Crippen molar-refractivity contribution in [2.24, 2.45) is 0 Å². The van der Waals surface area contributed by atoms with E-state index in [1.165, 1.54) is 12.1 Å². The van der Waals surface area contributed by atoms with E-state index in [4.69, 9.17) is 4.52 Å². The molecule has 1 saturated heterocycles. The molecule has 0 radical (unpaired) electrons. The molecule has 1 aliphatic heterocycles. The molecular weight excluding hydrogens is 257 g/mol. The maximum Gasteiger partial charge on any atom is 0.587 e. The van der Waals surface area contributed by atoms with Gasteiger partial charge in [0, 0.05) is 0 Å². The highest BCUT2D eigenvalue weighted by molar-refractivity contribution is 7.48. The van der Waals surface area contributed by atoms with Gasteiger partial charge < -0.3 is 14.4 Å². The van der Waals surface area contributed by atoms with Gasteiger partial charge in [0.05, 0.1) is 0 Å². The van der Waals surface area contributed by atoms with Gasteiger partial charge in [0.15, 0.2) is 0 Å². The number of hydrogen-bond donors (Lipinski definition) is 2. The van der Waals surface area contributed by atoms with Crippen LogP contribution in [0.25, 0.3) is 0 Å². The van der Waals surface area contributed by atoms with Crippen LogP contribution in [0.15, 0.2) is 30.3 Å². The van der Waals surface area contributed by atoms with Crippen molar-refractivity contribution < 1.29 is 23.3 Å². The van der Waals surface area contributed by atoms with E-state index >= 15 is 0 Å². The summed E-state index contributed by atoms with van der Waals surface area (Å²) in [5.41, 5.74) is 0. The van der Waals surface area contributed by atoms with E-state index < -0.39 is 19.8 Å². The van der Waals surface area contributed by atoms with Gasteiger partial charge in [-0.3, -0.25) is 4.89 Å². The molecule has 1 fully saturated rings. The molecule has 0 spiro atoms. The lowest BCUT2D eigenvalue weighted by Gasteiger charge is -2.15. The third-order valence-corrected chi connectivity index (χ3v) is 3.37. The van der Waals surface area contributed by atoms with Gasteiger partial charge in [-0.05, 0) is 31.5 Å². The number of nitrogens with one attached hydrogen (secondary N) is 1. The van der Waals surface area contributed by atoms with Crippen LogP contribution in [0.3, 0.4) is 0 Å². The van der Waals surface area contributed by atoms with Gasteiger partial charge in [0.2, 0.25) is 0 Å². The molecule has 0 saturated carbocycles. The number of phosphoric acid groups is 1. The fraction of sp³-hybridized carbons (Fsp3) is 0.364. The Bertz CT molecular complexity index is 458. The summed E-state index contributed by atoms with van der Waals surface area (Å²) < 4.78 is 20.9. The predicted octanol–water partition coefficient (Wildman–Crippen LogP) is 1.46. The van der Waals surface area contributed by atoms with Gasteiger partial charge in [-0.2, -0.15) is 0 Å². The smallest absolute Gasteiger partial charge is 0.395 e. The van der Waals surface area contributed by atoms with Crippen molar-refractivity contribution in [1.82, 2.24) is 5.32 Å². The topological polar surface area (TPSA) is 84.9 Å². The molecule has 0 aliphatic carbocycles. The van der Waals surface area contributed by atoms with Crippen LogP contribution in [0.4, 0.5) is 0 Å². The van der Waals surface area contributed by atoms with E-state index in [0.29, 0.717) is 13.0 Å². The van der Waals surface area contributed by atoms with E-state index in [1.54, 1.807) is 18.2 Å². The molecule has 2 atom stereocenters. The van der Waals surface area contributed by atoms with Crippen LogP contribution in [0.1, 0.15) is 12.8 Å². The highest BCUT2D eigenvalue weighted by atomic mass is 31.2. The van der Waals surface area contributed by atoms with Gasteiger partial charge >= 0.3 is 13.8 Å². The monoisotopic (exact) mass is 271 g/mol. The molecule has 1 aliphatic rings. The Kier molecular flexibility index (Phi) is 4.01. The number of rotatable bonds is 4. The second kappa shape index (κ2) is 5.52. The van der Waals surface area contributed by atoms with Crippen molar-refractivity contribution >= 4 is 13.8 Å². The summed E-state index contributed by atoms with van der Waals surface area (Å²) in [4.78, 5) is 21.0. The van der Waals surface area contributed by atoms with Crippen molar-refractivity contribution in [2.75, 3.05) is 6.54 Å². The fourth-order valence-corrected chi connectivity index (χ4v) is 2.48. The molecular formula is C11H14NO5P. The van der Waals surface area contributed by atoms with Gasteiger partial charge in [0.1, 0.15) is 11.8 Å². The van der Waals surface area contributed by atoms with E-state index in [1.807, 2.05) is 0 Å². The first-order valence-electron chi connectivity index (χ1n) is 5.61. The SMILES string of the molecule is O=C(OP(=O)(O)Oc1ccccc1)[C@@H]1CCCN1. The first-order valence-corrected chi connectivity index (χ1v) is 7.11. The highest BCUT2D eigenvalue weighted by Crippen LogP contribution is 2.44. The largest absolute Gasteiger partial charge is 0.587 e. The summed E-state index contributed by atoms with van der Waals surface area (Å²) in [5, 5.41) is 2.88. The quantitative estimate of drug-likeness (QED) is 0.806. The van der Waals surface area contributed by atoms with Crippen LogP contribution in [0.2, 0.25) is 0 Å². The number of benzene rings is 1. The molecule has 0 bridgehead atoms. The maximum absolute atomic E-state index is 11.6. The number of phosphoric ester groups is 1. The van der Waals surface area contributed by atoms with Crippen LogP contribution in [0, 0.1) is 0 Å². The first-order chi connectivity index (χ1) is 8.57. The molecule has 6 nitrogen and oxygen atoms in total. The van der Waals surface area contributed by atoms with Crippen LogP contribution in [-0.2, 0) is 13.9 Å². The normalized spacial score (nSPS) is 22.2. The summed E-state index contributed by atoms with van der Waals surface area (Å²) in [6, 6.07) is 7.52. The summed E-state index contributed by atoms with van der Waals surface area (Å²) >= 11 is 0. The van der Waals surface area contributed by atoms with E-state index in [-0.39, 0.29) is 5.75 Å². The lowest BCUT2D eigenvalue weighted by molar-refractivity contribution is -0.137. The number of carbonyl (C=O) groups is 1. The second-order valence-electron chi connectivity index (χ2n) is 3.93. The molecule has 1 aromatic carbocycles. The van der Waals surface area contributed by atoms with Crippen molar-refractivity contribution in [3.8, 4) is 5.75 Å². The zero-order valence-electron chi connectivity index (χ0n) is 9.61. The third-order valence-electron chi connectivity index (χ3n) is 2.51. The predicted molar refractivity (Wildman–Crippen MR) is 64.0 cm³/mol. The lowest BCUT2D eigenvalue weighted by atomic mass is 10.2. The van der Waals surface area contributed by atoms with Crippen molar-refractivity contribution in [2.45, 2.75) is 18.9 Å². The summed E-state index contributed by atoms with van der Waals surface area (Å²) in [5.74, 6) is -0.579. The van der Waals surface area contributed by atoms with Gasteiger partial charge in [0.25, 0.3) is 0 Å². The van der Waals surface area contributed by atoms with Gasteiger partial charge in [-0.25, -0.2) is 9.36 Å². The molecule has 0 aromatic heterocycles. The minimum Gasteiger partial charge on any atom is -0.395 e. The summed E-state index contributed by atoms with van der Waals surface area (Å²) in [6.45, 7) is 0.703. The lowest BCUT2D eigenvalue weighted by Crippen LogP contribution is -2.32. The molecule has 2 rings (SSSR count). The van der Waals surface area contributed by atoms with Crippen LogP contribution >= 0.6 is 7.82 Å². The van der Waals surface area contributed by atoms with Crippen molar-refractivity contribution in [3.63, 3.8) is 0 Å². The summed E-state index contributed by atoms with van der Waals surface area (Å²) in [6.07, 6.45) is 1.44. The van der Waals surface area contributed by atoms with Gasteiger partial charge in [-0.1, -0.05) is 18.2 Å². The molecule has 1 unspecified atom stereocenters. The Labute approximate surface area is 105 Å². The zero-order valence-corrected chi connectivity index (χ0v) is 10.5. The average molecular weight is 271 g/mol. The van der Waals surface area contributed by atoms with Gasteiger partial charge in [-0.15, -0.1) is 0 Å². The molecule has 18 heavy (non-hydrogen) atoms. The number of hydrogen-bond acceptors (Lipinski definition) is 5. The number of para-hydroxylation sites is 1. The zero-order chi connectivity index (χ0) is 13.0. The highest BCUT2D eigenvalue weighted by Gasteiger charge is 2.33. The Hall–Kier alpha value is -1.36. The summed E-state index contributed by atoms with van der Waals surface area (Å²) in [7, 11) is -4.41. The van der Waals surface area contributed by atoms with Crippen LogP contribution < -0.4 is 9.84 Å². The fourth-order valence-electron chi connectivity index (χ4n) is 1.70. The van der Waals surface area contributed by atoms with E-state index in [2.05, 4.69) is 9.84 Å². The third kappa shape index (κ3) is 3.57. The molecule has 7 heteroatoms. The molecule has 0 amide bonds. The Morgan fingerprint density at radius 2 is 2.11 bits per heavy atom. The van der Waals surface area contributed by atoms with E-state index in [0.717, 1.165) is 6.42 Å². The molecule has 98 valence electrons. The molecule has 2 N–H and O–H groups in total. The number of carbonyl (C=O) groups excluding carboxylic acids is 1. The second-order valence-corrected chi connectivity index (χ2v) is 5.23. The average Bonchev–Trinajstić information content (AvgIpc) is 2.82. The molecule has 1 aromatic rings. The molecule has 1 heterocycles. The maximum atomic E-state index is 11.6. The van der Waals surface area contributed by atoms with Crippen LogP contribution in [-0.4, -0.2) is 23.4 Å². The van der Waals surface area contributed by atoms with E-state index in [9.17, 15) is 14.3 Å². The standard InChI is InChI=1S/C11H14NO5P/c13-11(10-7-4-8-12-10)17-18(14,15)16-9-5-2-1-3-6-9/h1-3,5-6,10,12H,4,7-8H2,(H,14,15)/t10-/m0/s1. The Morgan fingerprint density at radius 3 is 2.72 bits per heavy atom.